The molecular weight excluding hydrogens is 424 g/mol. The number of carbonyl (C=O) groups excluding carboxylic acids is 2. The first-order chi connectivity index (χ1) is 15.3. The highest BCUT2D eigenvalue weighted by Gasteiger charge is 2.13. The Morgan fingerprint density at radius 1 is 1.09 bits per heavy atom. The second-order valence-corrected chi connectivity index (χ2v) is 6.56. The SMILES string of the molecule is CCOc1ccc(CN(C)C(=O)COC(=O)/C=C/c2ccc(OC(F)F)c(OC)c2)cc1. The van der Waals surface area contributed by atoms with Gasteiger partial charge in [-0.05, 0) is 48.4 Å². The van der Waals surface area contributed by atoms with Crippen molar-refractivity contribution in [3.63, 3.8) is 0 Å². The number of ether oxygens (including phenoxy) is 4. The van der Waals surface area contributed by atoms with E-state index in [2.05, 4.69) is 4.74 Å². The van der Waals surface area contributed by atoms with E-state index in [-0.39, 0.29) is 17.4 Å². The van der Waals surface area contributed by atoms with E-state index in [0.717, 1.165) is 17.4 Å². The standard InChI is InChI=1S/C23H25F2NO6/c1-4-30-18-9-5-17(6-10-18)14-26(2)21(27)15-31-22(28)12-8-16-7-11-19(32-23(24)25)20(13-16)29-3/h5-13,23H,4,14-15H2,1-3H3/b12-8+. The molecular formula is C23H25F2NO6. The molecule has 172 valence electrons. The van der Waals surface area contributed by atoms with Gasteiger partial charge >= 0.3 is 12.6 Å². The number of carbonyl (C=O) groups is 2. The maximum atomic E-state index is 12.4. The molecule has 0 saturated heterocycles. The molecule has 2 rings (SSSR count). The van der Waals surface area contributed by atoms with Crippen molar-refractivity contribution in [2.24, 2.45) is 0 Å². The minimum atomic E-state index is -2.98. The molecule has 0 saturated carbocycles. The van der Waals surface area contributed by atoms with Gasteiger partial charge < -0.3 is 23.8 Å². The van der Waals surface area contributed by atoms with Crippen LogP contribution in [0.5, 0.6) is 17.2 Å². The van der Waals surface area contributed by atoms with Crippen molar-refractivity contribution >= 4 is 18.0 Å². The van der Waals surface area contributed by atoms with Crippen molar-refractivity contribution in [3.05, 3.63) is 59.7 Å². The Morgan fingerprint density at radius 2 is 1.81 bits per heavy atom. The number of benzene rings is 2. The Bertz CT molecular complexity index is 931. The number of amides is 1. The number of rotatable bonds is 11. The van der Waals surface area contributed by atoms with E-state index in [0.29, 0.717) is 18.7 Å². The van der Waals surface area contributed by atoms with Crippen LogP contribution in [0.15, 0.2) is 48.5 Å². The third kappa shape index (κ3) is 7.90. The fourth-order valence-corrected chi connectivity index (χ4v) is 2.66. The normalized spacial score (nSPS) is 10.8. The van der Waals surface area contributed by atoms with Gasteiger partial charge in [0, 0.05) is 19.7 Å². The third-order valence-electron chi connectivity index (χ3n) is 4.23. The zero-order valence-electron chi connectivity index (χ0n) is 18.0. The van der Waals surface area contributed by atoms with E-state index in [1.165, 1.54) is 36.3 Å². The molecule has 0 heterocycles. The summed E-state index contributed by atoms with van der Waals surface area (Å²) in [5.74, 6) is -0.370. The van der Waals surface area contributed by atoms with Crippen LogP contribution in [0.2, 0.25) is 0 Å². The van der Waals surface area contributed by atoms with Crippen LogP contribution in [0.3, 0.4) is 0 Å². The molecule has 0 atom stereocenters. The lowest BCUT2D eigenvalue weighted by Crippen LogP contribution is -2.30. The van der Waals surface area contributed by atoms with E-state index in [9.17, 15) is 18.4 Å². The molecule has 32 heavy (non-hydrogen) atoms. The van der Waals surface area contributed by atoms with Gasteiger partial charge in [0.05, 0.1) is 13.7 Å². The molecule has 2 aromatic carbocycles. The summed E-state index contributed by atoms with van der Waals surface area (Å²) in [7, 11) is 2.92. The number of hydrogen-bond acceptors (Lipinski definition) is 6. The number of alkyl halides is 2. The highest BCUT2D eigenvalue weighted by atomic mass is 19.3. The van der Waals surface area contributed by atoms with Gasteiger partial charge in [0.2, 0.25) is 0 Å². The first kappa shape index (κ1) is 24.6. The highest BCUT2D eigenvalue weighted by molar-refractivity contribution is 5.89. The molecule has 2 aromatic rings. The van der Waals surface area contributed by atoms with Crippen molar-refractivity contribution in [1.82, 2.24) is 4.90 Å². The Hall–Kier alpha value is -3.62. The number of halogens is 2. The summed E-state index contributed by atoms with van der Waals surface area (Å²) < 4.78 is 44.4. The van der Waals surface area contributed by atoms with E-state index >= 15 is 0 Å². The van der Waals surface area contributed by atoms with Gasteiger partial charge in [0.25, 0.3) is 5.91 Å². The number of hydrogen-bond donors (Lipinski definition) is 0. The average Bonchev–Trinajstić information content (AvgIpc) is 2.77. The van der Waals surface area contributed by atoms with Crippen LogP contribution in [0.4, 0.5) is 8.78 Å². The van der Waals surface area contributed by atoms with Gasteiger partial charge in [-0.1, -0.05) is 18.2 Å². The lowest BCUT2D eigenvalue weighted by atomic mass is 10.2. The average molecular weight is 449 g/mol. The molecule has 0 aromatic heterocycles. The molecule has 1 amide bonds. The molecule has 0 spiro atoms. The van der Waals surface area contributed by atoms with Crippen LogP contribution in [-0.2, 0) is 20.9 Å². The molecule has 0 N–H and O–H groups in total. The fourth-order valence-electron chi connectivity index (χ4n) is 2.66. The Kier molecular flexibility index (Phi) is 9.46. The van der Waals surface area contributed by atoms with Crippen LogP contribution < -0.4 is 14.2 Å². The second kappa shape index (κ2) is 12.3. The summed E-state index contributed by atoms with van der Waals surface area (Å²) in [6.07, 6.45) is 2.53. The minimum Gasteiger partial charge on any atom is -0.494 e. The number of methoxy groups -OCH3 is 1. The lowest BCUT2D eigenvalue weighted by molar-refractivity contribution is -0.147. The van der Waals surface area contributed by atoms with Gasteiger partial charge in [0.1, 0.15) is 5.75 Å². The summed E-state index contributed by atoms with van der Waals surface area (Å²) in [5, 5.41) is 0. The molecule has 0 fully saturated rings. The van der Waals surface area contributed by atoms with E-state index in [1.54, 1.807) is 7.05 Å². The largest absolute Gasteiger partial charge is 0.494 e. The quantitative estimate of drug-likeness (QED) is 0.383. The predicted molar refractivity (Wildman–Crippen MR) is 114 cm³/mol. The van der Waals surface area contributed by atoms with E-state index < -0.39 is 19.2 Å². The van der Waals surface area contributed by atoms with Gasteiger partial charge in [-0.25, -0.2) is 4.79 Å². The van der Waals surface area contributed by atoms with Crippen molar-refractivity contribution < 1.29 is 37.3 Å². The van der Waals surface area contributed by atoms with Crippen LogP contribution in [0.25, 0.3) is 6.08 Å². The van der Waals surface area contributed by atoms with Gasteiger partial charge in [-0.2, -0.15) is 8.78 Å². The number of nitrogens with zero attached hydrogens (tertiary/aromatic N) is 1. The molecule has 0 aliphatic carbocycles. The Labute approximate surface area is 185 Å². The van der Waals surface area contributed by atoms with E-state index in [1.807, 2.05) is 31.2 Å². The zero-order valence-corrected chi connectivity index (χ0v) is 18.0. The molecule has 0 radical (unpaired) electrons. The van der Waals surface area contributed by atoms with Crippen LogP contribution >= 0.6 is 0 Å². The third-order valence-corrected chi connectivity index (χ3v) is 4.23. The maximum Gasteiger partial charge on any atom is 0.387 e. The summed E-state index contributed by atoms with van der Waals surface area (Å²) >= 11 is 0. The van der Waals surface area contributed by atoms with Gasteiger partial charge in [-0.3, -0.25) is 4.79 Å². The van der Waals surface area contributed by atoms with Crippen LogP contribution in [0, 0.1) is 0 Å². The summed E-state index contributed by atoms with van der Waals surface area (Å²) in [5.41, 5.74) is 1.41. The first-order valence-electron chi connectivity index (χ1n) is 9.75. The lowest BCUT2D eigenvalue weighted by Gasteiger charge is -2.17. The molecule has 7 nitrogen and oxygen atoms in total. The van der Waals surface area contributed by atoms with Gasteiger partial charge in [0.15, 0.2) is 18.1 Å². The van der Waals surface area contributed by atoms with Crippen molar-refractivity contribution in [2.75, 3.05) is 27.4 Å². The number of likely N-dealkylation sites (N-methyl/N-ethyl adjacent to an activating group) is 1. The minimum absolute atomic E-state index is 0.0897. The fraction of sp³-hybridized carbons (Fsp3) is 0.304. The monoisotopic (exact) mass is 449 g/mol. The summed E-state index contributed by atoms with van der Waals surface area (Å²) in [4.78, 5) is 25.6. The first-order valence-corrected chi connectivity index (χ1v) is 9.75. The topological polar surface area (TPSA) is 74.3 Å². The number of esters is 1. The van der Waals surface area contributed by atoms with Gasteiger partial charge in [-0.15, -0.1) is 0 Å². The molecule has 0 unspecified atom stereocenters. The van der Waals surface area contributed by atoms with Crippen LogP contribution in [0.1, 0.15) is 18.1 Å². The summed E-state index contributed by atoms with van der Waals surface area (Å²) in [6, 6.07) is 11.6. The summed E-state index contributed by atoms with van der Waals surface area (Å²) in [6.45, 7) is -0.573. The van der Waals surface area contributed by atoms with Crippen molar-refractivity contribution in [1.29, 1.82) is 0 Å². The molecule has 0 bridgehead atoms. The highest BCUT2D eigenvalue weighted by Crippen LogP contribution is 2.29. The smallest absolute Gasteiger partial charge is 0.387 e. The van der Waals surface area contributed by atoms with Crippen molar-refractivity contribution in [2.45, 2.75) is 20.1 Å². The Balaban J connectivity index is 1.84. The predicted octanol–water partition coefficient (Wildman–Crippen LogP) is 3.91. The van der Waals surface area contributed by atoms with Crippen LogP contribution in [-0.4, -0.2) is 50.8 Å². The Morgan fingerprint density at radius 3 is 2.44 bits per heavy atom. The zero-order chi connectivity index (χ0) is 23.5. The van der Waals surface area contributed by atoms with E-state index in [4.69, 9.17) is 14.2 Å². The van der Waals surface area contributed by atoms with Crippen molar-refractivity contribution in [3.8, 4) is 17.2 Å². The maximum absolute atomic E-state index is 12.4. The molecule has 0 aliphatic rings. The second-order valence-electron chi connectivity index (χ2n) is 6.56. The molecule has 9 heteroatoms. The molecule has 0 aliphatic heterocycles.